The Hall–Kier alpha value is -1.36. The summed E-state index contributed by atoms with van der Waals surface area (Å²) < 4.78 is 9.55. The van der Waals surface area contributed by atoms with Crippen molar-refractivity contribution in [3.63, 3.8) is 0 Å². The van der Waals surface area contributed by atoms with Gasteiger partial charge in [0.15, 0.2) is 0 Å². The molecule has 0 aromatic carbocycles. The molecule has 78 valence electrons. The first-order chi connectivity index (χ1) is 6.43. The fourth-order valence-corrected chi connectivity index (χ4v) is 0.884. The molecule has 0 aliphatic carbocycles. The maximum Gasteiger partial charge on any atom is 0.314 e. The fourth-order valence-electron chi connectivity index (χ4n) is 0.884. The monoisotopic (exact) mass is 198 g/mol. The predicted octanol–water partition coefficient (Wildman–Crippen LogP) is 0.584. The van der Waals surface area contributed by atoms with Gasteiger partial charge in [-0.1, -0.05) is 0 Å². The zero-order valence-corrected chi connectivity index (χ0v) is 8.53. The number of aromatic nitrogens is 1. The highest BCUT2D eigenvalue weighted by Crippen LogP contribution is 2.15. The Bertz CT molecular complexity index is 325. The van der Waals surface area contributed by atoms with Gasteiger partial charge in [-0.15, -0.1) is 0 Å². The third-order valence-corrected chi connectivity index (χ3v) is 1.74. The second kappa shape index (κ2) is 3.79. The summed E-state index contributed by atoms with van der Waals surface area (Å²) in [6.45, 7) is 3.62. The Kier molecular flexibility index (Phi) is 2.90. The van der Waals surface area contributed by atoms with Gasteiger partial charge in [0, 0.05) is 0 Å². The molecule has 0 unspecified atom stereocenters. The minimum Gasteiger partial charge on any atom is -0.469 e. The third-order valence-electron chi connectivity index (χ3n) is 1.74. The van der Waals surface area contributed by atoms with Crippen LogP contribution in [0.3, 0.4) is 0 Å². The van der Waals surface area contributed by atoms with E-state index in [1.807, 2.05) is 13.8 Å². The van der Waals surface area contributed by atoms with Gasteiger partial charge in [-0.05, 0) is 13.8 Å². The summed E-state index contributed by atoms with van der Waals surface area (Å²) in [5.41, 5.74) is 5.86. The summed E-state index contributed by atoms with van der Waals surface area (Å²) in [4.78, 5) is 15.0. The maximum atomic E-state index is 10.9. The molecular formula is C9H14N2O3. The van der Waals surface area contributed by atoms with Crippen LogP contribution in [0.4, 0.5) is 0 Å². The molecule has 5 nitrogen and oxygen atoms in total. The molecule has 0 aliphatic rings. The van der Waals surface area contributed by atoms with Gasteiger partial charge in [0.1, 0.15) is 12.7 Å². The van der Waals surface area contributed by atoms with E-state index in [-0.39, 0.29) is 12.4 Å². The van der Waals surface area contributed by atoms with Crippen LogP contribution in [-0.2, 0) is 21.5 Å². The summed E-state index contributed by atoms with van der Waals surface area (Å²) >= 11 is 0. The molecule has 5 heteroatoms. The Morgan fingerprint density at radius 1 is 1.71 bits per heavy atom. The molecule has 1 rings (SSSR count). The van der Waals surface area contributed by atoms with Gasteiger partial charge >= 0.3 is 5.97 Å². The van der Waals surface area contributed by atoms with Crippen molar-refractivity contribution >= 4 is 5.97 Å². The van der Waals surface area contributed by atoms with Crippen molar-refractivity contribution in [2.24, 2.45) is 5.73 Å². The average Bonchev–Trinajstić information content (AvgIpc) is 2.51. The average molecular weight is 198 g/mol. The van der Waals surface area contributed by atoms with Crippen molar-refractivity contribution < 1.29 is 13.9 Å². The summed E-state index contributed by atoms with van der Waals surface area (Å²) in [5.74, 6) is -0.0568. The van der Waals surface area contributed by atoms with E-state index in [0.717, 1.165) is 0 Å². The van der Waals surface area contributed by atoms with Crippen LogP contribution in [0, 0.1) is 0 Å². The third kappa shape index (κ3) is 2.56. The first-order valence-electron chi connectivity index (χ1n) is 4.24. The van der Waals surface area contributed by atoms with E-state index in [2.05, 4.69) is 9.72 Å². The molecule has 1 aromatic heterocycles. The van der Waals surface area contributed by atoms with Crippen molar-refractivity contribution in [3.8, 4) is 0 Å². The molecule has 1 heterocycles. The summed E-state index contributed by atoms with van der Waals surface area (Å²) in [6.07, 6.45) is 1.49. The molecular weight excluding hydrogens is 184 g/mol. The zero-order valence-electron chi connectivity index (χ0n) is 8.53. The molecule has 0 amide bonds. The lowest BCUT2D eigenvalue weighted by molar-refractivity contribution is -0.140. The van der Waals surface area contributed by atoms with E-state index in [0.29, 0.717) is 11.6 Å². The first-order valence-corrected chi connectivity index (χ1v) is 4.24. The summed E-state index contributed by atoms with van der Waals surface area (Å²) in [5, 5.41) is 0. The lowest BCUT2D eigenvalue weighted by Gasteiger charge is -2.13. The number of oxazole rings is 1. The van der Waals surface area contributed by atoms with Crippen LogP contribution in [0.15, 0.2) is 10.7 Å². The normalized spacial score (nSPS) is 11.4. The quantitative estimate of drug-likeness (QED) is 0.719. The Labute approximate surface area is 82.2 Å². The van der Waals surface area contributed by atoms with Crippen molar-refractivity contribution in [1.82, 2.24) is 4.98 Å². The summed E-state index contributed by atoms with van der Waals surface area (Å²) in [6, 6.07) is 0. The van der Waals surface area contributed by atoms with Crippen LogP contribution in [0.1, 0.15) is 25.4 Å². The number of esters is 1. The van der Waals surface area contributed by atoms with Gasteiger partial charge in [0.25, 0.3) is 0 Å². The van der Waals surface area contributed by atoms with Crippen molar-refractivity contribution in [3.05, 3.63) is 17.8 Å². The SMILES string of the molecule is COC(=O)Cc1nc(C(C)(C)N)co1. The van der Waals surface area contributed by atoms with Crippen LogP contribution >= 0.6 is 0 Å². The van der Waals surface area contributed by atoms with Crippen LogP contribution in [0.5, 0.6) is 0 Å². The molecule has 0 spiro atoms. The Morgan fingerprint density at radius 2 is 2.36 bits per heavy atom. The van der Waals surface area contributed by atoms with E-state index < -0.39 is 5.54 Å². The Balaban J connectivity index is 2.74. The first kappa shape index (κ1) is 10.7. The fraction of sp³-hybridized carbons (Fsp3) is 0.556. The molecule has 0 saturated carbocycles. The van der Waals surface area contributed by atoms with Gasteiger partial charge in [0.2, 0.25) is 5.89 Å². The number of ether oxygens (including phenoxy) is 1. The van der Waals surface area contributed by atoms with Crippen LogP contribution in [0.25, 0.3) is 0 Å². The van der Waals surface area contributed by atoms with Gasteiger partial charge < -0.3 is 14.9 Å². The van der Waals surface area contributed by atoms with Crippen molar-refractivity contribution in [2.75, 3.05) is 7.11 Å². The highest BCUT2D eigenvalue weighted by atomic mass is 16.5. The minimum atomic E-state index is -0.558. The van der Waals surface area contributed by atoms with E-state index in [1.54, 1.807) is 0 Å². The number of hydrogen-bond donors (Lipinski definition) is 1. The second-order valence-corrected chi connectivity index (χ2v) is 3.60. The number of methoxy groups -OCH3 is 1. The van der Waals surface area contributed by atoms with Gasteiger partial charge in [-0.25, -0.2) is 4.98 Å². The number of carbonyl (C=O) groups excluding carboxylic acids is 1. The molecule has 1 aromatic rings. The second-order valence-electron chi connectivity index (χ2n) is 3.60. The molecule has 0 bridgehead atoms. The summed E-state index contributed by atoms with van der Waals surface area (Å²) in [7, 11) is 1.32. The molecule has 0 aliphatic heterocycles. The topological polar surface area (TPSA) is 78.3 Å². The molecule has 14 heavy (non-hydrogen) atoms. The van der Waals surface area contributed by atoms with E-state index in [4.69, 9.17) is 10.2 Å². The number of nitrogens with zero attached hydrogens (tertiary/aromatic N) is 1. The smallest absolute Gasteiger partial charge is 0.314 e. The lowest BCUT2D eigenvalue weighted by Crippen LogP contribution is -2.29. The Morgan fingerprint density at radius 3 is 2.79 bits per heavy atom. The number of rotatable bonds is 3. The highest BCUT2D eigenvalue weighted by molar-refractivity contribution is 5.71. The zero-order chi connectivity index (χ0) is 10.8. The molecule has 0 saturated heterocycles. The van der Waals surface area contributed by atoms with E-state index in [1.165, 1.54) is 13.4 Å². The number of nitrogens with two attached hydrogens (primary N) is 1. The lowest BCUT2D eigenvalue weighted by atomic mass is 10.0. The van der Waals surface area contributed by atoms with Crippen molar-refractivity contribution in [1.29, 1.82) is 0 Å². The van der Waals surface area contributed by atoms with Crippen LogP contribution in [0.2, 0.25) is 0 Å². The van der Waals surface area contributed by atoms with Crippen LogP contribution in [-0.4, -0.2) is 18.1 Å². The van der Waals surface area contributed by atoms with Crippen LogP contribution < -0.4 is 5.73 Å². The number of hydrogen-bond acceptors (Lipinski definition) is 5. The standard InChI is InChI=1S/C9H14N2O3/c1-9(2,10)6-5-14-7(11-6)4-8(12)13-3/h5H,4,10H2,1-3H3. The highest BCUT2D eigenvalue weighted by Gasteiger charge is 2.20. The predicted molar refractivity (Wildman–Crippen MR) is 49.4 cm³/mol. The molecule has 0 atom stereocenters. The largest absolute Gasteiger partial charge is 0.469 e. The molecule has 2 N–H and O–H groups in total. The molecule has 0 fully saturated rings. The van der Waals surface area contributed by atoms with Crippen molar-refractivity contribution in [2.45, 2.75) is 25.8 Å². The van der Waals surface area contributed by atoms with E-state index >= 15 is 0 Å². The maximum absolute atomic E-state index is 10.9. The minimum absolute atomic E-state index is 0.0343. The number of carbonyl (C=O) groups is 1. The van der Waals surface area contributed by atoms with Gasteiger partial charge in [-0.3, -0.25) is 4.79 Å². The van der Waals surface area contributed by atoms with E-state index in [9.17, 15) is 4.79 Å². The van der Waals surface area contributed by atoms with Gasteiger partial charge in [0.05, 0.1) is 18.3 Å². The molecule has 0 radical (unpaired) electrons. The van der Waals surface area contributed by atoms with Gasteiger partial charge in [-0.2, -0.15) is 0 Å².